The number of piperidine rings is 1. The van der Waals surface area contributed by atoms with Crippen molar-refractivity contribution in [3.8, 4) is 0 Å². The molecule has 17 heavy (non-hydrogen) atoms. The van der Waals surface area contributed by atoms with Crippen molar-refractivity contribution in [3.05, 3.63) is 0 Å². The van der Waals surface area contributed by atoms with Gasteiger partial charge in [-0.1, -0.05) is 19.3 Å². The van der Waals surface area contributed by atoms with Gasteiger partial charge in [0.1, 0.15) is 0 Å². The van der Waals surface area contributed by atoms with E-state index < -0.39 is 0 Å². The maximum absolute atomic E-state index is 11.9. The van der Waals surface area contributed by atoms with Crippen molar-refractivity contribution in [3.63, 3.8) is 0 Å². The maximum atomic E-state index is 11.9. The largest absolute Gasteiger partial charge is 0.335 e. The molecule has 98 valence electrons. The number of carbonyl (C=O) groups excluding carboxylic acids is 1. The Bertz CT molecular complexity index is 251. The fraction of sp³-hybridized carbons (Fsp3) is 0.923. The average molecular weight is 239 g/mol. The van der Waals surface area contributed by atoms with Gasteiger partial charge in [0.05, 0.1) is 0 Å². The molecule has 0 radical (unpaired) electrons. The summed E-state index contributed by atoms with van der Waals surface area (Å²) in [4.78, 5) is 11.9. The molecule has 4 heteroatoms. The van der Waals surface area contributed by atoms with E-state index in [1.54, 1.807) is 0 Å². The van der Waals surface area contributed by atoms with Crippen molar-refractivity contribution >= 4 is 6.03 Å². The molecular weight excluding hydrogens is 214 g/mol. The summed E-state index contributed by atoms with van der Waals surface area (Å²) in [6.07, 6.45) is 8.37. The standard InChI is InChI=1S/C13H25N3O/c1-10-12(8-5-9-14-10)16-13(17)15-11-6-3-2-4-7-11/h10-12,14H,2-9H2,1H3,(H2,15,16,17). The van der Waals surface area contributed by atoms with Crippen LogP contribution in [0.1, 0.15) is 51.9 Å². The van der Waals surface area contributed by atoms with Crippen LogP contribution in [0.3, 0.4) is 0 Å². The van der Waals surface area contributed by atoms with E-state index in [2.05, 4.69) is 22.9 Å². The molecule has 0 aromatic carbocycles. The first-order chi connectivity index (χ1) is 8.25. The number of nitrogens with one attached hydrogen (secondary N) is 3. The van der Waals surface area contributed by atoms with Crippen molar-refractivity contribution in [1.29, 1.82) is 0 Å². The van der Waals surface area contributed by atoms with Gasteiger partial charge < -0.3 is 16.0 Å². The van der Waals surface area contributed by atoms with E-state index >= 15 is 0 Å². The molecule has 1 aliphatic carbocycles. The number of carbonyl (C=O) groups is 1. The molecule has 2 aliphatic rings. The number of hydrogen-bond acceptors (Lipinski definition) is 2. The van der Waals surface area contributed by atoms with Gasteiger partial charge in [-0.3, -0.25) is 0 Å². The third-order valence-corrected chi connectivity index (χ3v) is 4.02. The van der Waals surface area contributed by atoms with E-state index in [1.807, 2.05) is 0 Å². The Labute approximate surface area is 104 Å². The molecule has 2 amide bonds. The van der Waals surface area contributed by atoms with E-state index in [0.717, 1.165) is 32.2 Å². The summed E-state index contributed by atoms with van der Waals surface area (Å²) in [6.45, 7) is 3.22. The predicted molar refractivity (Wildman–Crippen MR) is 69.0 cm³/mol. The van der Waals surface area contributed by atoms with E-state index in [1.165, 1.54) is 19.3 Å². The van der Waals surface area contributed by atoms with Crippen LogP contribution >= 0.6 is 0 Å². The normalized spacial score (nSPS) is 30.9. The summed E-state index contributed by atoms with van der Waals surface area (Å²) in [5.41, 5.74) is 0. The minimum atomic E-state index is 0.0254. The second-order valence-electron chi connectivity index (χ2n) is 5.44. The van der Waals surface area contributed by atoms with Gasteiger partial charge in [0.15, 0.2) is 0 Å². The highest BCUT2D eigenvalue weighted by Gasteiger charge is 2.23. The van der Waals surface area contributed by atoms with Crippen molar-refractivity contribution in [2.45, 2.75) is 70.0 Å². The molecule has 3 N–H and O–H groups in total. The van der Waals surface area contributed by atoms with Crippen LogP contribution in [0.25, 0.3) is 0 Å². The quantitative estimate of drug-likeness (QED) is 0.688. The van der Waals surface area contributed by atoms with Crippen LogP contribution in [-0.2, 0) is 0 Å². The van der Waals surface area contributed by atoms with Gasteiger partial charge in [0.25, 0.3) is 0 Å². The molecule has 1 aliphatic heterocycles. The molecular formula is C13H25N3O. The fourth-order valence-electron chi connectivity index (χ4n) is 2.88. The monoisotopic (exact) mass is 239 g/mol. The number of urea groups is 1. The average Bonchev–Trinajstić information content (AvgIpc) is 2.33. The summed E-state index contributed by atoms with van der Waals surface area (Å²) in [6, 6.07) is 1.10. The number of rotatable bonds is 2. The van der Waals surface area contributed by atoms with Gasteiger partial charge >= 0.3 is 6.03 Å². The second kappa shape index (κ2) is 6.24. The maximum Gasteiger partial charge on any atom is 0.315 e. The molecule has 0 spiro atoms. The molecule has 2 fully saturated rings. The highest BCUT2D eigenvalue weighted by Crippen LogP contribution is 2.17. The van der Waals surface area contributed by atoms with Gasteiger partial charge in [-0.2, -0.15) is 0 Å². The molecule has 2 rings (SSSR count). The second-order valence-corrected chi connectivity index (χ2v) is 5.44. The van der Waals surface area contributed by atoms with Gasteiger partial charge in [-0.15, -0.1) is 0 Å². The van der Waals surface area contributed by atoms with E-state index in [-0.39, 0.29) is 12.1 Å². The summed E-state index contributed by atoms with van der Waals surface area (Å²) in [5, 5.41) is 9.61. The van der Waals surface area contributed by atoms with Crippen molar-refractivity contribution in [2.75, 3.05) is 6.54 Å². The smallest absolute Gasteiger partial charge is 0.315 e. The van der Waals surface area contributed by atoms with Crippen molar-refractivity contribution < 1.29 is 4.79 Å². The summed E-state index contributed by atoms with van der Waals surface area (Å²) in [5.74, 6) is 0. The highest BCUT2D eigenvalue weighted by atomic mass is 16.2. The number of amides is 2. The SMILES string of the molecule is CC1NCCCC1NC(=O)NC1CCCCC1. The van der Waals surface area contributed by atoms with Crippen molar-refractivity contribution in [1.82, 2.24) is 16.0 Å². The zero-order chi connectivity index (χ0) is 12.1. The molecule has 2 unspecified atom stereocenters. The molecule has 0 bridgehead atoms. The van der Waals surface area contributed by atoms with Gasteiger partial charge in [-0.05, 0) is 39.2 Å². The first-order valence-corrected chi connectivity index (χ1v) is 7.06. The zero-order valence-corrected chi connectivity index (χ0v) is 10.8. The Morgan fingerprint density at radius 1 is 1.06 bits per heavy atom. The molecule has 0 aromatic rings. The van der Waals surface area contributed by atoms with Crippen LogP contribution in [0.2, 0.25) is 0 Å². The van der Waals surface area contributed by atoms with E-state index in [0.29, 0.717) is 12.1 Å². The van der Waals surface area contributed by atoms with Gasteiger partial charge in [-0.25, -0.2) is 4.79 Å². The lowest BCUT2D eigenvalue weighted by Gasteiger charge is -2.31. The minimum Gasteiger partial charge on any atom is -0.335 e. The van der Waals surface area contributed by atoms with E-state index in [4.69, 9.17) is 0 Å². The summed E-state index contributed by atoms with van der Waals surface area (Å²) >= 11 is 0. The molecule has 1 saturated heterocycles. The Hall–Kier alpha value is -0.770. The Kier molecular flexibility index (Phi) is 4.66. The fourth-order valence-corrected chi connectivity index (χ4v) is 2.88. The van der Waals surface area contributed by atoms with Crippen LogP contribution < -0.4 is 16.0 Å². The van der Waals surface area contributed by atoms with Crippen LogP contribution in [-0.4, -0.2) is 30.7 Å². The first-order valence-electron chi connectivity index (χ1n) is 7.06. The van der Waals surface area contributed by atoms with Crippen LogP contribution in [0.15, 0.2) is 0 Å². The first kappa shape index (κ1) is 12.7. The Morgan fingerprint density at radius 3 is 2.53 bits per heavy atom. The third-order valence-electron chi connectivity index (χ3n) is 4.02. The molecule has 1 saturated carbocycles. The highest BCUT2D eigenvalue weighted by molar-refractivity contribution is 5.74. The third kappa shape index (κ3) is 3.87. The molecule has 0 aromatic heterocycles. The minimum absolute atomic E-state index is 0.0254. The lowest BCUT2D eigenvalue weighted by atomic mass is 9.95. The lowest BCUT2D eigenvalue weighted by Crippen LogP contribution is -2.55. The molecule has 2 atom stereocenters. The van der Waals surface area contributed by atoms with Crippen LogP contribution in [0.4, 0.5) is 4.79 Å². The van der Waals surface area contributed by atoms with Gasteiger partial charge in [0.2, 0.25) is 0 Å². The Morgan fingerprint density at radius 2 is 1.82 bits per heavy atom. The van der Waals surface area contributed by atoms with Crippen molar-refractivity contribution in [2.24, 2.45) is 0 Å². The lowest BCUT2D eigenvalue weighted by molar-refractivity contribution is 0.220. The summed E-state index contributed by atoms with van der Waals surface area (Å²) in [7, 11) is 0. The molecule has 1 heterocycles. The predicted octanol–water partition coefficient (Wildman–Crippen LogP) is 1.76. The topological polar surface area (TPSA) is 53.2 Å². The van der Waals surface area contributed by atoms with Gasteiger partial charge in [0, 0.05) is 18.1 Å². The van der Waals surface area contributed by atoms with Crippen LogP contribution in [0, 0.1) is 0 Å². The van der Waals surface area contributed by atoms with Crippen LogP contribution in [0.5, 0.6) is 0 Å². The zero-order valence-electron chi connectivity index (χ0n) is 10.8. The Balaban J connectivity index is 1.72. The summed E-state index contributed by atoms with van der Waals surface area (Å²) < 4.78 is 0. The molecule has 4 nitrogen and oxygen atoms in total. The number of hydrogen-bond donors (Lipinski definition) is 3. The van der Waals surface area contributed by atoms with E-state index in [9.17, 15) is 4.79 Å².